The number of carbonyl (C=O) groups is 2. The molecule has 1 aromatic heterocycles. The molecule has 0 saturated heterocycles. The zero-order valence-corrected chi connectivity index (χ0v) is 21.3. The standard InChI is InChI=1S/C33H24FN3O3/c34-29-18-30-27(33(32(40)36-30)19-28(33)24-4-1-3-20(15-24)16-31(38)39)17-26(29)23-7-5-21(6-8-23)22-9-11-25(12-10-22)37-14-2-13-35-37/h1-15,17-18,28H,16,19H2,(H,36,40)(H,38,39). The maximum atomic E-state index is 15.3. The Hall–Kier alpha value is -5.04. The fourth-order valence-corrected chi connectivity index (χ4v) is 6.00. The Morgan fingerprint density at radius 2 is 1.70 bits per heavy atom. The van der Waals surface area contributed by atoms with Gasteiger partial charge >= 0.3 is 5.97 Å². The van der Waals surface area contributed by atoms with Crippen molar-refractivity contribution in [3.05, 3.63) is 126 Å². The van der Waals surface area contributed by atoms with E-state index in [9.17, 15) is 14.7 Å². The fourth-order valence-electron chi connectivity index (χ4n) is 6.00. The normalized spacial score (nSPS) is 18.9. The van der Waals surface area contributed by atoms with Gasteiger partial charge in [-0.1, -0.05) is 60.7 Å². The number of carboxylic acid groups (broad SMARTS) is 1. The largest absolute Gasteiger partial charge is 0.481 e. The van der Waals surface area contributed by atoms with Crippen molar-refractivity contribution < 1.29 is 19.1 Å². The number of benzene rings is 4. The van der Waals surface area contributed by atoms with Crippen LogP contribution in [0.1, 0.15) is 29.0 Å². The molecule has 1 fully saturated rings. The number of nitrogens with one attached hydrogen (secondary N) is 1. The Labute approximate surface area is 229 Å². The van der Waals surface area contributed by atoms with E-state index in [2.05, 4.69) is 10.4 Å². The van der Waals surface area contributed by atoms with Crippen LogP contribution in [-0.4, -0.2) is 26.8 Å². The topological polar surface area (TPSA) is 84.2 Å². The third kappa shape index (κ3) is 3.90. The molecular formula is C33H24FN3O3. The molecular weight excluding hydrogens is 505 g/mol. The summed E-state index contributed by atoms with van der Waals surface area (Å²) in [6, 6.07) is 28.3. The Kier molecular flexibility index (Phi) is 5.42. The second-order valence-electron chi connectivity index (χ2n) is 10.5. The van der Waals surface area contributed by atoms with Crippen LogP contribution in [0.25, 0.3) is 27.9 Å². The predicted octanol–water partition coefficient (Wildman–Crippen LogP) is 6.35. The van der Waals surface area contributed by atoms with E-state index in [1.807, 2.05) is 79.0 Å². The van der Waals surface area contributed by atoms with Gasteiger partial charge in [0.1, 0.15) is 5.82 Å². The maximum Gasteiger partial charge on any atom is 0.307 e. The van der Waals surface area contributed by atoms with Crippen molar-refractivity contribution >= 4 is 17.6 Å². The lowest BCUT2D eigenvalue weighted by atomic mass is 9.89. The maximum absolute atomic E-state index is 15.3. The van der Waals surface area contributed by atoms with Crippen LogP contribution in [0.2, 0.25) is 0 Å². The van der Waals surface area contributed by atoms with E-state index < -0.39 is 17.2 Å². The Morgan fingerprint density at radius 3 is 2.40 bits per heavy atom. The number of aromatic nitrogens is 2. The van der Waals surface area contributed by atoms with Gasteiger partial charge in [0, 0.05) is 29.6 Å². The van der Waals surface area contributed by atoms with Gasteiger partial charge in [-0.05, 0) is 70.1 Å². The zero-order chi connectivity index (χ0) is 27.4. The molecule has 2 aliphatic rings. The lowest BCUT2D eigenvalue weighted by Gasteiger charge is -2.13. The van der Waals surface area contributed by atoms with Gasteiger partial charge in [-0.25, -0.2) is 9.07 Å². The number of amides is 1. The van der Waals surface area contributed by atoms with Crippen LogP contribution in [-0.2, 0) is 21.4 Å². The van der Waals surface area contributed by atoms with E-state index in [0.717, 1.165) is 33.5 Å². The van der Waals surface area contributed by atoms with Gasteiger partial charge in [0.05, 0.1) is 17.5 Å². The number of nitrogens with zero attached hydrogens (tertiary/aromatic N) is 2. The number of aliphatic carboxylic acids is 1. The minimum absolute atomic E-state index is 0.0732. The molecule has 196 valence electrons. The first kappa shape index (κ1) is 24.0. The number of carbonyl (C=O) groups excluding carboxylic acids is 1. The van der Waals surface area contributed by atoms with Gasteiger partial charge in [-0.2, -0.15) is 5.10 Å². The molecule has 6 nitrogen and oxygen atoms in total. The highest BCUT2D eigenvalue weighted by Gasteiger charge is 2.65. The van der Waals surface area contributed by atoms with Crippen molar-refractivity contribution in [1.82, 2.24) is 9.78 Å². The number of halogens is 1. The first-order chi connectivity index (χ1) is 19.4. The van der Waals surface area contributed by atoms with Crippen LogP contribution in [0.5, 0.6) is 0 Å². The van der Waals surface area contributed by atoms with Gasteiger partial charge in [0.25, 0.3) is 0 Å². The van der Waals surface area contributed by atoms with Crippen LogP contribution in [0.3, 0.4) is 0 Å². The molecule has 2 atom stereocenters. The number of fused-ring (bicyclic) bond motifs is 2. The quantitative estimate of drug-likeness (QED) is 0.269. The Bertz CT molecular complexity index is 1780. The van der Waals surface area contributed by atoms with E-state index in [1.54, 1.807) is 23.0 Å². The fraction of sp³-hybridized carbons (Fsp3) is 0.121. The average molecular weight is 530 g/mol. The van der Waals surface area contributed by atoms with Crippen LogP contribution in [0, 0.1) is 5.82 Å². The number of anilines is 1. The summed E-state index contributed by atoms with van der Waals surface area (Å²) >= 11 is 0. The summed E-state index contributed by atoms with van der Waals surface area (Å²) in [4.78, 5) is 24.4. The highest BCUT2D eigenvalue weighted by Crippen LogP contribution is 2.65. The van der Waals surface area contributed by atoms with Crippen LogP contribution >= 0.6 is 0 Å². The second kappa shape index (κ2) is 9.02. The highest BCUT2D eigenvalue weighted by molar-refractivity contribution is 6.10. The van der Waals surface area contributed by atoms with Crippen molar-refractivity contribution in [2.24, 2.45) is 0 Å². The molecule has 0 radical (unpaired) electrons. The van der Waals surface area contributed by atoms with E-state index in [-0.39, 0.29) is 18.2 Å². The first-order valence-electron chi connectivity index (χ1n) is 13.1. The first-order valence-corrected chi connectivity index (χ1v) is 13.1. The number of hydrogen-bond donors (Lipinski definition) is 2. The lowest BCUT2D eigenvalue weighted by Crippen LogP contribution is -2.21. The summed E-state index contributed by atoms with van der Waals surface area (Å²) < 4.78 is 17.1. The van der Waals surface area contributed by atoms with Gasteiger partial charge in [0.2, 0.25) is 5.91 Å². The van der Waals surface area contributed by atoms with Crippen molar-refractivity contribution in [1.29, 1.82) is 0 Å². The number of hydrogen-bond acceptors (Lipinski definition) is 3. The smallest absolute Gasteiger partial charge is 0.307 e. The molecule has 4 aromatic carbocycles. The second-order valence-corrected chi connectivity index (χ2v) is 10.5. The van der Waals surface area contributed by atoms with Crippen LogP contribution < -0.4 is 5.32 Å². The van der Waals surface area contributed by atoms with Crippen molar-refractivity contribution in [2.45, 2.75) is 24.2 Å². The van der Waals surface area contributed by atoms with Gasteiger partial charge in [-0.3, -0.25) is 9.59 Å². The molecule has 7 rings (SSSR count). The lowest BCUT2D eigenvalue weighted by molar-refractivity contribution is -0.136. The van der Waals surface area contributed by atoms with Crippen molar-refractivity contribution in [3.63, 3.8) is 0 Å². The zero-order valence-electron chi connectivity index (χ0n) is 21.3. The molecule has 40 heavy (non-hydrogen) atoms. The minimum atomic E-state index is -0.899. The third-order valence-corrected chi connectivity index (χ3v) is 8.08. The average Bonchev–Trinajstić information content (AvgIpc) is 3.34. The van der Waals surface area contributed by atoms with Gasteiger partial charge in [-0.15, -0.1) is 0 Å². The molecule has 1 saturated carbocycles. The van der Waals surface area contributed by atoms with Crippen molar-refractivity contribution in [2.75, 3.05) is 5.32 Å². The summed E-state index contributed by atoms with van der Waals surface area (Å²) in [5, 5.41) is 16.3. The van der Waals surface area contributed by atoms with Crippen LogP contribution in [0.15, 0.2) is 103 Å². The molecule has 2 N–H and O–H groups in total. The summed E-state index contributed by atoms with van der Waals surface area (Å²) in [6.07, 6.45) is 4.15. The third-order valence-electron chi connectivity index (χ3n) is 8.08. The monoisotopic (exact) mass is 529 g/mol. The van der Waals surface area contributed by atoms with Crippen LogP contribution in [0.4, 0.5) is 10.1 Å². The Morgan fingerprint density at radius 1 is 0.975 bits per heavy atom. The summed E-state index contributed by atoms with van der Waals surface area (Å²) in [7, 11) is 0. The molecule has 0 bridgehead atoms. The van der Waals surface area contributed by atoms with E-state index in [0.29, 0.717) is 23.2 Å². The molecule has 1 aliphatic carbocycles. The SMILES string of the molecule is O=C(O)Cc1cccc(C2CC23C(=O)Nc2cc(F)c(-c4ccc(-c5ccc(-n6cccn6)cc5)cc4)cc23)c1. The number of carboxylic acids is 1. The Balaban J connectivity index is 1.18. The molecule has 2 heterocycles. The van der Waals surface area contributed by atoms with Gasteiger partial charge < -0.3 is 10.4 Å². The van der Waals surface area contributed by atoms with E-state index in [4.69, 9.17) is 0 Å². The summed E-state index contributed by atoms with van der Waals surface area (Å²) in [5.41, 5.74) is 6.34. The molecule has 5 aromatic rings. The van der Waals surface area contributed by atoms with Crippen molar-refractivity contribution in [3.8, 4) is 27.9 Å². The highest BCUT2D eigenvalue weighted by atomic mass is 19.1. The molecule has 1 spiro atoms. The molecule has 1 aliphatic heterocycles. The predicted molar refractivity (Wildman–Crippen MR) is 150 cm³/mol. The van der Waals surface area contributed by atoms with E-state index in [1.165, 1.54) is 6.07 Å². The number of rotatable bonds is 6. The molecule has 2 unspecified atom stereocenters. The van der Waals surface area contributed by atoms with E-state index >= 15 is 4.39 Å². The minimum Gasteiger partial charge on any atom is -0.481 e. The summed E-state index contributed by atoms with van der Waals surface area (Å²) in [5.74, 6) is -1.52. The van der Waals surface area contributed by atoms with Gasteiger partial charge in [0.15, 0.2) is 0 Å². The summed E-state index contributed by atoms with van der Waals surface area (Å²) in [6.45, 7) is 0. The molecule has 7 heteroatoms. The molecule has 1 amide bonds.